The third kappa shape index (κ3) is 4.32. The van der Waals surface area contributed by atoms with Gasteiger partial charge in [-0.3, -0.25) is 4.98 Å². The van der Waals surface area contributed by atoms with Crippen LogP contribution in [0.3, 0.4) is 0 Å². The molecule has 1 rings (SSSR count). The predicted molar refractivity (Wildman–Crippen MR) is 77.9 cm³/mol. The first kappa shape index (κ1) is 14.5. The minimum Gasteiger partial charge on any atom is -0.310 e. The molecule has 1 atom stereocenters. The van der Waals surface area contributed by atoms with Crippen molar-refractivity contribution in [3.8, 4) is 0 Å². The van der Waals surface area contributed by atoms with E-state index in [0.29, 0.717) is 6.04 Å². The van der Waals surface area contributed by atoms with E-state index in [4.69, 9.17) is 0 Å². The Labute approximate surface area is 110 Å². The van der Waals surface area contributed by atoms with Crippen molar-refractivity contribution in [2.24, 2.45) is 0 Å². The highest BCUT2D eigenvalue weighted by Gasteiger charge is 2.12. The average molecular weight is 252 g/mol. The van der Waals surface area contributed by atoms with Crippen LogP contribution in [0.2, 0.25) is 0 Å². The maximum Gasteiger partial charge on any atom is 0.0426 e. The molecule has 0 aromatic carbocycles. The summed E-state index contributed by atoms with van der Waals surface area (Å²) in [7, 11) is 0. The molecule has 0 aliphatic heterocycles. The maximum absolute atomic E-state index is 4.56. The Morgan fingerprint density at radius 3 is 2.65 bits per heavy atom. The number of rotatable bonds is 6. The van der Waals surface area contributed by atoms with Crippen molar-refractivity contribution in [1.82, 2.24) is 10.3 Å². The first-order chi connectivity index (χ1) is 8.06. The fourth-order valence-corrected chi connectivity index (χ4v) is 2.76. The first-order valence-electron chi connectivity index (χ1n) is 6.23. The van der Waals surface area contributed by atoms with E-state index < -0.39 is 0 Å². The molecule has 0 amide bonds. The molecule has 3 heteroatoms. The van der Waals surface area contributed by atoms with E-state index in [2.05, 4.69) is 50.3 Å². The summed E-state index contributed by atoms with van der Waals surface area (Å²) >= 11 is 1.91. The number of hydrogen-bond acceptors (Lipinski definition) is 3. The Balaban J connectivity index is 2.65. The van der Waals surface area contributed by atoms with Crippen LogP contribution in [0.25, 0.3) is 0 Å². The van der Waals surface area contributed by atoms with Gasteiger partial charge in [0.1, 0.15) is 0 Å². The summed E-state index contributed by atoms with van der Waals surface area (Å²) in [5.41, 5.74) is 4.98. The second-order valence-corrected chi connectivity index (χ2v) is 5.59. The SMILES string of the molecule is CSCCCNC(C)c1c(C)cc(C)nc1C. The van der Waals surface area contributed by atoms with Crippen LogP contribution in [0.5, 0.6) is 0 Å². The highest BCUT2D eigenvalue weighted by atomic mass is 32.2. The van der Waals surface area contributed by atoms with Gasteiger partial charge in [-0.15, -0.1) is 0 Å². The van der Waals surface area contributed by atoms with Crippen molar-refractivity contribution in [3.63, 3.8) is 0 Å². The molecule has 1 N–H and O–H groups in total. The number of aryl methyl sites for hydroxylation is 3. The Morgan fingerprint density at radius 2 is 2.06 bits per heavy atom. The number of hydrogen-bond donors (Lipinski definition) is 1. The lowest BCUT2D eigenvalue weighted by Gasteiger charge is -2.19. The van der Waals surface area contributed by atoms with Gasteiger partial charge in [-0.05, 0) is 69.9 Å². The number of thioether (sulfide) groups is 1. The van der Waals surface area contributed by atoms with Crippen molar-refractivity contribution in [2.45, 2.75) is 40.2 Å². The number of aromatic nitrogens is 1. The largest absolute Gasteiger partial charge is 0.310 e. The van der Waals surface area contributed by atoms with E-state index in [-0.39, 0.29) is 0 Å². The standard InChI is InChI=1S/C14H24N2S/c1-10-9-11(2)16-13(4)14(10)12(3)15-7-6-8-17-5/h9,12,15H,6-8H2,1-5H3. The molecule has 1 unspecified atom stereocenters. The monoisotopic (exact) mass is 252 g/mol. The van der Waals surface area contributed by atoms with Gasteiger partial charge in [0, 0.05) is 17.4 Å². The molecule has 0 aliphatic carbocycles. The minimum absolute atomic E-state index is 0.393. The zero-order valence-electron chi connectivity index (χ0n) is 11.6. The van der Waals surface area contributed by atoms with Gasteiger partial charge >= 0.3 is 0 Å². The van der Waals surface area contributed by atoms with Gasteiger partial charge in [0.05, 0.1) is 0 Å². The van der Waals surface area contributed by atoms with Crippen molar-refractivity contribution in [1.29, 1.82) is 0 Å². The van der Waals surface area contributed by atoms with Crippen LogP contribution < -0.4 is 5.32 Å². The van der Waals surface area contributed by atoms with Gasteiger partial charge < -0.3 is 5.32 Å². The van der Waals surface area contributed by atoms with Crippen LogP contribution >= 0.6 is 11.8 Å². The molecule has 0 saturated heterocycles. The number of pyridine rings is 1. The van der Waals surface area contributed by atoms with Crippen LogP contribution in [0.4, 0.5) is 0 Å². The molecule has 96 valence electrons. The van der Waals surface area contributed by atoms with Crippen LogP contribution in [0.15, 0.2) is 6.07 Å². The van der Waals surface area contributed by atoms with Crippen LogP contribution in [-0.2, 0) is 0 Å². The Kier molecular flexibility index (Phi) is 6.00. The lowest BCUT2D eigenvalue weighted by atomic mass is 10.0. The molecule has 0 aliphatic rings. The van der Waals surface area contributed by atoms with Gasteiger partial charge in [-0.1, -0.05) is 0 Å². The van der Waals surface area contributed by atoms with Crippen molar-refractivity contribution in [3.05, 3.63) is 28.6 Å². The summed E-state index contributed by atoms with van der Waals surface area (Å²) in [5, 5.41) is 3.58. The minimum atomic E-state index is 0.393. The quantitative estimate of drug-likeness (QED) is 0.785. The zero-order valence-corrected chi connectivity index (χ0v) is 12.4. The summed E-state index contributed by atoms with van der Waals surface area (Å²) in [4.78, 5) is 4.56. The van der Waals surface area contributed by atoms with Gasteiger partial charge in [0.2, 0.25) is 0 Å². The summed E-state index contributed by atoms with van der Waals surface area (Å²) in [6.07, 6.45) is 3.38. The fourth-order valence-electron chi connectivity index (χ4n) is 2.33. The first-order valence-corrected chi connectivity index (χ1v) is 7.62. The summed E-state index contributed by atoms with van der Waals surface area (Å²) in [6, 6.07) is 2.56. The van der Waals surface area contributed by atoms with E-state index in [9.17, 15) is 0 Å². The molecule has 0 radical (unpaired) electrons. The van der Waals surface area contributed by atoms with Gasteiger partial charge in [-0.25, -0.2) is 0 Å². The summed E-state index contributed by atoms with van der Waals surface area (Å²) in [5.74, 6) is 1.23. The topological polar surface area (TPSA) is 24.9 Å². The van der Waals surface area contributed by atoms with E-state index in [1.165, 1.54) is 23.3 Å². The highest BCUT2D eigenvalue weighted by Crippen LogP contribution is 2.21. The predicted octanol–water partition coefficient (Wildman–Crippen LogP) is 3.41. The zero-order chi connectivity index (χ0) is 12.8. The lowest BCUT2D eigenvalue weighted by molar-refractivity contribution is 0.565. The molecule has 1 aromatic rings. The molecule has 17 heavy (non-hydrogen) atoms. The maximum atomic E-state index is 4.56. The van der Waals surface area contributed by atoms with E-state index in [1.807, 2.05) is 11.8 Å². The summed E-state index contributed by atoms with van der Waals surface area (Å²) in [6.45, 7) is 9.65. The summed E-state index contributed by atoms with van der Waals surface area (Å²) < 4.78 is 0. The number of nitrogens with zero attached hydrogens (tertiary/aromatic N) is 1. The smallest absolute Gasteiger partial charge is 0.0426 e. The average Bonchev–Trinajstić information content (AvgIpc) is 2.23. The number of nitrogens with one attached hydrogen (secondary N) is 1. The Hall–Kier alpha value is -0.540. The Morgan fingerprint density at radius 1 is 1.35 bits per heavy atom. The Bertz CT molecular complexity index is 340. The molecule has 0 spiro atoms. The molecular formula is C14H24N2S. The van der Waals surface area contributed by atoms with Gasteiger partial charge in [-0.2, -0.15) is 11.8 Å². The molecule has 0 fully saturated rings. The lowest BCUT2D eigenvalue weighted by Crippen LogP contribution is -2.22. The molecular weight excluding hydrogens is 228 g/mol. The van der Waals surface area contributed by atoms with Crippen molar-refractivity contribution >= 4 is 11.8 Å². The third-order valence-electron chi connectivity index (χ3n) is 2.99. The highest BCUT2D eigenvalue weighted by molar-refractivity contribution is 7.98. The van der Waals surface area contributed by atoms with Gasteiger partial charge in [0.25, 0.3) is 0 Å². The van der Waals surface area contributed by atoms with E-state index in [1.54, 1.807) is 0 Å². The molecule has 0 saturated carbocycles. The third-order valence-corrected chi connectivity index (χ3v) is 3.69. The molecule has 1 aromatic heterocycles. The molecule has 2 nitrogen and oxygen atoms in total. The van der Waals surface area contributed by atoms with E-state index in [0.717, 1.165) is 17.9 Å². The van der Waals surface area contributed by atoms with Crippen molar-refractivity contribution in [2.75, 3.05) is 18.6 Å². The second-order valence-electron chi connectivity index (χ2n) is 4.60. The normalized spacial score (nSPS) is 12.8. The van der Waals surface area contributed by atoms with Crippen molar-refractivity contribution < 1.29 is 0 Å². The molecule has 0 bridgehead atoms. The fraction of sp³-hybridized carbons (Fsp3) is 0.643. The van der Waals surface area contributed by atoms with Crippen LogP contribution in [0.1, 0.15) is 41.9 Å². The second kappa shape index (κ2) is 7.02. The van der Waals surface area contributed by atoms with E-state index >= 15 is 0 Å². The van der Waals surface area contributed by atoms with Gasteiger partial charge in [0.15, 0.2) is 0 Å². The molecule has 1 heterocycles. The van der Waals surface area contributed by atoms with Crippen LogP contribution in [0, 0.1) is 20.8 Å². The van der Waals surface area contributed by atoms with Crippen LogP contribution in [-0.4, -0.2) is 23.5 Å².